The first-order valence-corrected chi connectivity index (χ1v) is 5.95. The molecule has 0 atom stereocenters. The zero-order valence-electron chi connectivity index (χ0n) is 11.2. The van der Waals surface area contributed by atoms with Crippen LogP contribution in [0.2, 0.25) is 0 Å². The molecule has 0 spiro atoms. The number of rotatable bonds is 3. The molecule has 3 heteroatoms. The number of aromatic amines is 1. The van der Waals surface area contributed by atoms with Crippen LogP contribution in [0.15, 0.2) is 0 Å². The molecule has 3 nitrogen and oxygen atoms in total. The molecule has 1 aromatic rings. The summed E-state index contributed by atoms with van der Waals surface area (Å²) in [5.74, 6) is 1.93. The highest BCUT2D eigenvalue weighted by Gasteiger charge is 2.08. The molecule has 0 aliphatic rings. The van der Waals surface area contributed by atoms with Gasteiger partial charge in [0.25, 0.3) is 0 Å². The Kier molecular flexibility index (Phi) is 4.16. The highest BCUT2D eigenvalue weighted by molar-refractivity contribution is 5.43. The fraction of sp³-hybridized carbons (Fsp3) is 0.615. The van der Waals surface area contributed by atoms with Gasteiger partial charge in [-0.1, -0.05) is 33.8 Å². The summed E-state index contributed by atoms with van der Waals surface area (Å²) < 4.78 is 0. The maximum absolute atomic E-state index is 4.69. The van der Waals surface area contributed by atoms with E-state index in [1.54, 1.807) is 0 Å². The van der Waals surface area contributed by atoms with Crippen LogP contribution in [0.25, 0.3) is 11.8 Å². The second kappa shape index (κ2) is 5.19. The summed E-state index contributed by atoms with van der Waals surface area (Å²) in [6.07, 6.45) is 2.08. The molecule has 0 radical (unpaired) electrons. The third-order valence-electron chi connectivity index (χ3n) is 2.69. The van der Waals surface area contributed by atoms with Crippen LogP contribution in [0.1, 0.15) is 46.4 Å². The molecule has 90 valence electrons. The van der Waals surface area contributed by atoms with Gasteiger partial charge in [0.2, 0.25) is 0 Å². The predicted octanol–water partition coefficient (Wildman–Crippen LogP) is 1.32. The second-order valence-electron chi connectivity index (χ2n) is 4.65. The van der Waals surface area contributed by atoms with Crippen molar-refractivity contribution in [3.05, 3.63) is 16.5 Å². The molecule has 2 N–H and O–H groups in total. The van der Waals surface area contributed by atoms with Gasteiger partial charge < -0.3 is 10.3 Å². The standard InChI is InChI=1S/C13H23N3/c1-7-10-12(11(14-6)8(2)3)16-13(15-10)9(4)5/h7-9,14H,1-6H3,(H,15,16)/b10-7+,12-11+. The number of nitrogens with one attached hydrogen (secondary N) is 2. The molecule has 1 aromatic heterocycles. The summed E-state index contributed by atoms with van der Waals surface area (Å²) in [5, 5.41) is 5.43. The van der Waals surface area contributed by atoms with Crippen molar-refractivity contribution in [3.63, 3.8) is 0 Å². The van der Waals surface area contributed by atoms with Crippen molar-refractivity contribution in [3.8, 4) is 0 Å². The lowest BCUT2D eigenvalue weighted by Crippen LogP contribution is -2.33. The molecule has 0 aliphatic carbocycles. The summed E-state index contributed by atoms with van der Waals surface area (Å²) in [6, 6.07) is 0. The minimum atomic E-state index is 0.428. The van der Waals surface area contributed by atoms with Crippen LogP contribution < -0.4 is 16.0 Å². The summed E-state index contributed by atoms with van der Waals surface area (Å²) >= 11 is 0. The molecule has 1 heterocycles. The average Bonchev–Trinajstić information content (AvgIpc) is 2.62. The third-order valence-corrected chi connectivity index (χ3v) is 2.69. The van der Waals surface area contributed by atoms with E-state index in [9.17, 15) is 0 Å². The fourth-order valence-corrected chi connectivity index (χ4v) is 1.77. The van der Waals surface area contributed by atoms with Gasteiger partial charge in [-0.05, 0) is 12.8 Å². The molecule has 0 unspecified atom stereocenters. The van der Waals surface area contributed by atoms with Crippen LogP contribution in [-0.2, 0) is 0 Å². The van der Waals surface area contributed by atoms with E-state index in [0.717, 1.165) is 16.5 Å². The number of hydrogen-bond donors (Lipinski definition) is 2. The van der Waals surface area contributed by atoms with Gasteiger partial charge in [-0.3, -0.25) is 0 Å². The van der Waals surface area contributed by atoms with Crippen molar-refractivity contribution in [2.75, 3.05) is 7.05 Å². The Morgan fingerprint density at radius 3 is 2.31 bits per heavy atom. The van der Waals surface area contributed by atoms with Crippen LogP contribution in [0.4, 0.5) is 0 Å². The van der Waals surface area contributed by atoms with Gasteiger partial charge in [-0.15, -0.1) is 0 Å². The molecule has 1 rings (SSSR count). The van der Waals surface area contributed by atoms with Crippen LogP contribution in [0.5, 0.6) is 0 Å². The lowest BCUT2D eigenvalue weighted by molar-refractivity contribution is 0.772. The first-order chi connectivity index (χ1) is 7.51. The molecule has 0 bridgehead atoms. The van der Waals surface area contributed by atoms with Crippen molar-refractivity contribution < 1.29 is 0 Å². The monoisotopic (exact) mass is 221 g/mol. The molecule has 0 fully saturated rings. The van der Waals surface area contributed by atoms with Crippen LogP contribution >= 0.6 is 0 Å². The van der Waals surface area contributed by atoms with Gasteiger partial charge in [0, 0.05) is 18.7 Å². The largest absolute Gasteiger partial charge is 0.389 e. The minimum Gasteiger partial charge on any atom is -0.389 e. The van der Waals surface area contributed by atoms with E-state index in [1.807, 2.05) is 14.0 Å². The molecule has 0 aliphatic heterocycles. The SMILES string of the molecule is C/C=c1/[nH]c(C(C)C)n/c1=C(/NC)C(C)C. The Morgan fingerprint density at radius 2 is 1.94 bits per heavy atom. The van der Waals surface area contributed by atoms with Crippen molar-refractivity contribution in [1.82, 2.24) is 15.3 Å². The van der Waals surface area contributed by atoms with Gasteiger partial charge in [0.1, 0.15) is 11.2 Å². The lowest BCUT2D eigenvalue weighted by Gasteiger charge is -2.08. The molecular formula is C13H23N3. The molecule has 16 heavy (non-hydrogen) atoms. The van der Waals surface area contributed by atoms with Crippen molar-refractivity contribution in [2.24, 2.45) is 5.92 Å². The van der Waals surface area contributed by atoms with E-state index >= 15 is 0 Å². The fourth-order valence-electron chi connectivity index (χ4n) is 1.77. The summed E-state index contributed by atoms with van der Waals surface area (Å²) in [6.45, 7) is 10.7. The maximum atomic E-state index is 4.69. The Labute approximate surface area is 97.7 Å². The summed E-state index contributed by atoms with van der Waals surface area (Å²) in [5.41, 5.74) is 1.19. The molecule has 0 amide bonds. The Hall–Kier alpha value is -1.25. The maximum Gasteiger partial charge on any atom is 0.109 e. The zero-order chi connectivity index (χ0) is 12.3. The highest BCUT2D eigenvalue weighted by Crippen LogP contribution is 2.06. The minimum absolute atomic E-state index is 0.428. The normalized spacial score (nSPS) is 14.9. The topological polar surface area (TPSA) is 40.7 Å². The number of hydrogen-bond acceptors (Lipinski definition) is 2. The van der Waals surface area contributed by atoms with E-state index < -0.39 is 0 Å². The van der Waals surface area contributed by atoms with Gasteiger partial charge in [0.05, 0.1) is 5.35 Å². The van der Waals surface area contributed by atoms with Crippen LogP contribution in [0, 0.1) is 5.92 Å². The third kappa shape index (κ3) is 2.46. The van der Waals surface area contributed by atoms with Gasteiger partial charge in [-0.2, -0.15) is 0 Å². The number of nitrogens with zero attached hydrogens (tertiary/aromatic N) is 1. The van der Waals surface area contributed by atoms with Gasteiger partial charge in [0.15, 0.2) is 0 Å². The Bertz CT molecular complexity index is 452. The molecule has 0 saturated heterocycles. The van der Waals surface area contributed by atoms with Crippen molar-refractivity contribution in [1.29, 1.82) is 0 Å². The van der Waals surface area contributed by atoms with E-state index in [1.165, 1.54) is 5.70 Å². The van der Waals surface area contributed by atoms with Crippen molar-refractivity contribution in [2.45, 2.75) is 40.5 Å². The molecule has 0 saturated carbocycles. The summed E-state index contributed by atoms with van der Waals surface area (Å²) in [7, 11) is 1.96. The number of H-pyrrole nitrogens is 1. The van der Waals surface area contributed by atoms with E-state index in [2.05, 4.69) is 49.1 Å². The van der Waals surface area contributed by atoms with Gasteiger partial charge >= 0.3 is 0 Å². The van der Waals surface area contributed by atoms with E-state index in [4.69, 9.17) is 0 Å². The second-order valence-corrected chi connectivity index (χ2v) is 4.65. The van der Waals surface area contributed by atoms with Crippen LogP contribution in [-0.4, -0.2) is 17.0 Å². The number of imidazole rings is 1. The molecule has 0 aromatic carbocycles. The lowest BCUT2D eigenvalue weighted by atomic mass is 10.1. The average molecular weight is 221 g/mol. The Balaban J connectivity index is 3.54. The van der Waals surface area contributed by atoms with Crippen LogP contribution in [0.3, 0.4) is 0 Å². The highest BCUT2D eigenvalue weighted by atomic mass is 14.9. The quantitative estimate of drug-likeness (QED) is 0.808. The van der Waals surface area contributed by atoms with Gasteiger partial charge in [-0.25, -0.2) is 4.98 Å². The first-order valence-electron chi connectivity index (χ1n) is 5.95. The van der Waals surface area contributed by atoms with E-state index in [0.29, 0.717) is 11.8 Å². The smallest absolute Gasteiger partial charge is 0.109 e. The number of aromatic nitrogens is 2. The molecular weight excluding hydrogens is 198 g/mol. The van der Waals surface area contributed by atoms with Crippen molar-refractivity contribution >= 4 is 11.8 Å². The predicted molar refractivity (Wildman–Crippen MR) is 69.4 cm³/mol. The zero-order valence-corrected chi connectivity index (χ0v) is 11.2. The summed E-state index contributed by atoms with van der Waals surface area (Å²) in [4.78, 5) is 8.06. The van der Waals surface area contributed by atoms with E-state index in [-0.39, 0.29) is 0 Å². The Morgan fingerprint density at radius 1 is 1.31 bits per heavy atom. The first kappa shape index (κ1) is 12.8.